The zero-order valence-corrected chi connectivity index (χ0v) is 11.2. The Balaban J connectivity index is 1.98. The molecule has 0 aromatic heterocycles. The fraction of sp³-hybridized carbons (Fsp3) is 0.154. The Morgan fingerprint density at radius 3 is 1.89 bits per heavy atom. The lowest BCUT2D eigenvalue weighted by molar-refractivity contribution is 1.15. The van der Waals surface area contributed by atoms with E-state index in [0.717, 1.165) is 23.1 Å². The van der Waals surface area contributed by atoms with E-state index in [-0.39, 0.29) is 0 Å². The summed E-state index contributed by atoms with van der Waals surface area (Å²) in [5.74, 6) is 1.83. The van der Waals surface area contributed by atoms with Crippen LogP contribution in [0.1, 0.15) is 5.56 Å². The first-order valence-corrected chi connectivity index (χ1v) is 7.61. The highest BCUT2D eigenvalue weighted by atomic mass is 32.2. The van der Waals surface area contributed by atoms with Crippen molar-refractivity contribution < 1.29 is 0 Å². The number of rotatable bonds is 2. The van der Waals surface area contributed by atoms with Crippen LogP contribution in [-0.4, -0.2) is 11.8 Å². The molecule has 0 saturated carbocycles. The highest BCUT2D eigenvalue weighted by Crippen LogP contribution is 2.31. The molecule has 0 aliphatic carbocycles. The van der Waals surface area contributed by atoms with Gasteiger partial charge in [0.1, 0.15) is 0 Å². The molecule has 0 unspecified atom stereocenters. The van der Waals surface area contributed by atoms with Gasteiger partial charge in [0, 0.05) is 23.8 Å². The van der Waals surface area contributed by atoms with Gasteiger partial charge in [-0.1, -0.05) is 0 Å². The standard InChI is InChI=1S/C13H11N3S2/c14-8-11-5-12(15-1-3-17-9-15)7-13(6-11)16-2-4-18-10-16/h1-7H,9-10H2. The van der Waals surface area contributed by atoms with Crippen LogP contribution >= 0.6 is 23.5 Å². The Hall–Kier alpha value is -1.51. The van der Waals surface area contributed by atoms with E-state index in [1.165, 1.54) is 0 Å². The van der Waals surface area contributed by atoms with E-state index in [1.807, 2.05) is 12.1 Å². The lowest BCUT2D eigenvalue weighted by Crippen LogP contribution is -2.14. The summed E-state index contributed by atoms with van der Waals surface area (Å²) in [6, 6.07) is 8.25. The van der Waals surface area contributed by atoms with Crippen LogP contribution in [0.2, 0.25) is 0 Å². The van der Waals surface area contributed by atoms with Crippen molar-refractivity contribution in [1.82, 2.24) is 0 Å². The Labute approximate surface area is 115 Å². The number of hydrogen-bond acceptors (Lipinski definition) is 5. The predicted molar refractivity (Wildman–Crippen MR) is 79.3 cm³/mol. The maximum atomic E-state index is 9.14. The van der Waals surface area contributed by atoms with E-state index in [2.05, 4.69) is 45.2 Å². The first kappa shape index (κ1) is 11.6. The summed E-state index contributed by atoms with van der Waals surface area (Å²) in [4.78, 5) is 4.31. The summed E-state index contributed by atoms with van der Waals surface area (Å²) < 4.78 is 0. The molecule has 1 aromatic carbocycles. The second-order valence-electron chi connectivity index (χ2n) is 3.95. The largest absolute Gasteiger partial charge is 0.337 e. The highest BCUT2D eigenvalue weighted by molar-refractivity contribution is 8.02. The van der Waals surface area contributed by atoms with Gasteiger partial charge in [-0.15, -0.1) is 23.5 Å². The zero-order chi connectivity index (χ0) is 12.4. The smallest absolute Gasteiger partial charge is 0.0993 e. The molecule has 2 aliphatic rings. The molecule has 90 valence electrons. The molecule has 0 spiro atoms. The molecule has 1 aromatic rings. The maximum Gasteiger partial charge on any atom is 0.0993 e. The monoisotopic (exact) mass is 273 g/mol. The van der Waals surface area contributed by atoms with Crippen molar-refractivity contribution in [1.29, 1.82) is 5.26 Å². The summed E-state index contributed by atoms with van der Waals surface area (Å²) in [5, 5.41) is 13.3. The lowest BCUT2D eigenvalue weighted by Gasteiger charge is -2.20. The third-order valence-electron chi connectivity index (χ3n) is 2.80. The molecule has 2 aliphatic heterocycles. The second-order valence-corrected chi connectivity index (χ2v) is 5.68. The van der Waals surface area contributed by atoms with E-state index >= 15 is 0 Å². The molecule has 0 saturated heterocycles. The van der Waals surface area contributed by atoms with Gasteiger partial charge in [0.15, 0.2) is 0 Å². The molecule has 3 nitrogen and oxygen atoms in total. The van der Waals surface area contributed by atoms with Crippen LogP contribution in [0.25, 0.3) is 0 Å². The van der Waals surface area contributed by atoms with Gasteiger partial charge in [-0.25, -0.2) is 0 Å². The van der Waals surface area contributed by atoms with Crippen molar-refractivity contribution in [2.75, 3.05) is 21.6 Å². The zero-order valence-electron chi connectivity index (χ0n) is 9.61. The number of benzene rings is 1. The summed E-state index contributed by atoms with van der Waals surface area (Å²) in [5.41, 5.74) is 2.87. The van der Waals surface area contributed by atoms with E-state index in [9.17, 15) is 0 Å². The minimum Gasteiger partial charge on any atom is -0.337 e. The number of nitrogens with zero attached hydrogens (tertiary/aromatic N) is 3. The van der Waals surface area contributed by atoms with Gasteiger partial charge in [0.25, 0.3) is 0 Å². The molecule has 0 bridgehead atoms. The van der Waals surface area contributed by atoms with Crippen molar-refractivity contribution >= 4 is 34.9 Å². The minimum absolute atomic E-state index is 0.707. The van der Waals surface area contributed by atoms with Crippen LogP contribution in [0.15, 0.2) is 41.4 Å². The Morgan fingerprint density at radius 2 is 1.50 bits per heavy atom. The van der Waals surface area contributed by atoms with Crippen molar-refractivity contribution in [2.24, 2.45) is 0 Å². The first-order valence-electron chi connectivity index (χ1n) is 5.52. The molecular weight excluding hydrogens is 262 g/mol. The molecule has 0 amide bonds. The fourth-order valence-corrected chi connectivity index (χ4v) is 3.31. The van der Waals surface area contributed by atoms with Crippen LogP contribution < -0.4 is 9.80 Å². The number of anilines is 2. The topological polar surface area (TPSA) is 30.3 Å². The predicted octanol–water partition coefficient (Wildman–Crippen LogP) is 3.52. The summed E-state index contributed by atoms with van der Waals surface area (Å²) in [6.07, 6.45) is 4.11. The van der Waals surface area contributed by atoms with Crippen molar-refractivity contribution in [3.05, 3.63) is 47.0 Å². The van der Waals surface area contributed by atoms with Crippen LogP contribution in [0, 0.1) is 11.3 Å². The summed E-state index contributed by atoms with van der Waals surface area (Å²) in [6.45, 7) is 0. The molecule has 0 N–H and O–H groups in total. The van der Waals surface area contributed by atoms with Gasteiger partial charge >= 0.3 is 0 Å². The van der Waals surface area contributed by atoms with E-state index in [4.69, 9.17) is 5.26 Å². The third kappa shape index (κ3) is 2.22. The second kappa shape index (κ2) is 5.01. The molecular formula is C13H11N3S2. The third-order valence-corrected chi connectivity index (χ3v) is 4.28. The number of hydrogen-bond donors (Lipinski definition) is 0. The van der Waals surface area contributed by atoms with Gasteiger partial charge in [-0.05, 0) is 29.0 Å². The Kier molecular flexibility index (Phi) is 3.22. The molecule has 2 heterocycles. The summed E-state index contributed by atoms with van der Waals surface area (Å²) >= 11 is 3.52. The van der Waals surface area contributed by atoms with Gasteiger partial charge in [-0.3, -0.25) is 0 Å². The van der Waals surface area contributed by atoms with Gasteiger partial charge in [0.2, 0.25) is 0 Å². The highest BCUT2D eigenvalue weighted by Gasteiger charge is 2.13. The number of nitriles is 1. The summed E-state index contributed by atoms with van der Waals surface area (Å²) in [7, 11) is 0. The van der Waals surface area contributed by atoms with Crippen molar-refractivity contribution in [2.45, 2.75) is 0 Å². The molecule has 18 heavy (non-hydrogen) atoms. The number of thioether (sulfide) groups is 2. The van der Waals surface area contributed by atoms with Crippen LogP contribution in [0.4, 0.5) is 11.4 Å². The SMILES string of the molecule is N#Cc1cc(N2C=CSC2)cc(N2C=CSC2)c1. The molecule has 0 fully saturated rings. The van der Waals surface area contributed by atoms with E-state index in [1.54, 1.807) is 23.5 Å². The first-order chi connectivity index (χ1) is 8.86. The van der Waals surface area contributed by atoms with Gasteiger partial charge in [0.05, 0.1) is 23.4 Å². The lowest BCUT2D eigenvalue weighted by atomic mass is 10.1. The van der Waals surface area contributed by atoms with E-state index < -0.39 is 0 Å². The average molecular weight is 273 g/mol. The average Bonchev–Trinajstić information content (AvgIpc) is 3.10. The van der Waals surface area contributed by atoms with Gasteiger partial charge in [-0.2, -0.15) is 5.26 Å². The van der Waals surface area contributed by atoms with Crippen LogP contribution in [0.3, 0.4) is 0 Å². The molecule has 0 radical (unpaired) electrons. The normalized spacial score (nSPS) is 17.5. The van der Waals surface area contributed by atoms with Gasteiger partial charge < -0.3 is 9.80 Å². The Bertz CT molecular complexity index is 520. The molecule has 3 rings (SSSR count). The molecule has 0 atom stereocenters. The van der Waals surface area contributed by atoms with E-state index in [0.29, 0.717) is 5.56 Å². The van der Waals surface area contributed by atoms with Crippen molar-refractivity contribution in [3.8, 4) is 6.07 Å². The fourth-order valence-electron chi connectivity index (χ4n) is 1.88. The van der Waals surface area contributed by atoms with Crippen LogP contribution in [-0.2, 0) is 0 Å². The minimum atomic E-state index is 0.707. The van der Waals surface area contributed by atoms with Crippen LogP contribution in [0.5, 0.6) is 0 Å². The quantitative estimate of drug-likeness (QED) is 0.822. The Morgan fingerprint density at radius 1 is 0.944 bits per heavy atom. The maximum absolute atomic E-state index is 9.14. The van der Waals surface area contributed by atoms with Crippen molar-refractivity contribution in [3.63, 3.8) is 0 Å². The molecule has 5 heteroatoms.